The lowest BCUT2D eigenvalue weighted by molar-refractivity contribution is -0.149. The number of nitrogens with zero attached hydrogens (tertiary/aromatic N) is 3. The van der Waals surface area contributed by atoms with Crippen LogP contribution in [0.2, 0.25) is 10.0 Å². The Morgan fingerprint density at radius 2 is 1.76 bits per heavy atom. The van der Waals surface area contributed by atoms with Crippen LogP contribution in [0.15, 0.2) is 18.3 Å². The van der Waals surface area contributed by atoms with Gasteiger partial charge in [0.15, 0.2) is 11.5 Å². The molecular formula is C29H31Cl2F4N3O4. The normalized spacial score (nSPS) is 28.3. The van der Waals surface area contributed by atoms with Gasteiger partial charge in [-0.1, -0.05) is 44.0 Å². The summed E-state index contributed by atoms with van der Waals surface area (Å²) in [4.78, 5) is 40.0. The van der Waals surface area contributed by atoms with Gasteiger partial charge in [-0.05, 0) is 67.4 Å². The van der Waals surface area contributed by atoms with Gasteiger partial charge in [-0.25, -0.2) is 4.39 Å². The van der Waals surface area contributed by atoms with Crippen LogP contribution in [0, 0.1) is 34.9 Å². The van der Waals surface area contributed by atoms with Crippen molar-refractivity contribution in [1.82, 2.24) is 14.7 Å². The molecule has 3 aliphatic rings. The maximum Gasteiger partial charge on any atom is 0.433 e. The molecule has 3 saturated carbocycles. The number of hydrogen-bond acceptors (Lipinski definition) is 4. The molecule has 1 N–H and O–H groups in total. The predicted molar refractivity (Wildman–Crippen MR) is 146 cm³/mol. The van der Waals surface area contributed by atoms with E-state index in [1.807, 2.05) is 0 Å². The zero-order valence-corrected chi connectivity index (χ0v) is 24.7. The molecule has 5 rings (SSSR count). The zero-order valence-electron chi connectivity index (χ0n) is 23.2. The Hall–Kier alpha value is -2.66. The lowest BCUT2D eigenvalue weighted by atomic mass is 9.78. The number of benzene rings is 1. The van der Waals surface area contributed by atoms with Gasteiger partial charge in [0.05, 0.1) is 45.9 Å². The van der Waals surface area contributed by atoms with E-state index in [9.17, 15) is 37.1 Å². The number of Topliss-reactive ketones (excluding diaryl/α,β-unsaturated/α-hetero) is 1. The smallest absolute Gasteiger partial charge is 0.433 e. The van der Waals surface area contributed by atoms with Crippen molar-refractivity contribution in [2.45, 2.75) is 71.1 Å². The van der Waals surface area contributed by atoms with Gasteiger partial charge in [-0.3, -0.25) is 19.1 Å². The molecule has 0 bridgehead atoms. The van der Waals surface area contributed by atoms with Gasteiger partial charge >= 0.3 is 12.1 Å². The second kappa shape index (κ2) is 10.8. The third-order valence-corrected chi connectivity index (χ3v) is 10.5. The summed E-state index contributed by atoms with van der Waals surface area (Å²) in [7, 11) is 0. The Balaban J connectivity index is 1.50. The quantitative estimate of drug-likeness (QED) is 0.199. The summed E-state index contributed by atoms with van der Waals surface area (Å²) in [5.74, 6) is -4.25. The number of aromatic nitrogens is 2. The van der Waals surface area contributed by atoms with E-state index in [0.29, 0.717) is 12.8 Å². The molecule has 3 fully saturated rings. The van der Waals surface area contributed by atoms with Crippen molar-refractivity contribution in [1.29, 1.82) is 0 Å². The third-order valence-electron chi connectivity index (χ3n) is 9.78. The topological polar surface area (TPSA) is 92.5 Å². The second-order valence-electron chi connectivity index (χ2n) is 12.5. The highest BCUT2D eigenvalue weighted by Gasteiger charge is 2.63. The fourth-order valence-electron chi connectivity index (χ4n) is 7.30. The van der Waals surface area contributed by atoms with Crippen molar-refractivity contribution >= 4 is 40.9 Å². The molecular weight excluding hydrogens is 601 g/mol. The summed E-state index contributed by atoms with van der Waals surface area (Å²) < 4.78 is 58.7. The van der Waals surface area contributed by atoms with Crippen LogP contribution in [0.3, 0.4) is 0 Å². The Kier molecular flexibility index (Phi) is 7.92. The van der Waals surface area contributed by atoms with E-state index >= 15 is 0 Å². The van der Waals surface area contributed by atoms with Crippen molar-refractivity contribution < 1.29 is 37.1 Å². The van der Waals surface area contributed by atoms with E-state index < -0.39 is 76.4 Å². The summed E-state index contributed by atoms with van der Waals surface area (Å²) >= 11 is 12.2. The molecule has 0 spiro atoms. The van der Waals surface area contributed by atoms with E-state index in [2.05, 4.69) is 18.9 Å². The number of hydrogen-bond donors (Lipinski definition) is 1. The van der Waals surface area contributed by atoms with Crippen molar-refractivity contribution in [3.8, 4) is 0 Å². The molecule has 1 amide bonds. The first-order chi connectivity index (χ1) is 19.5. The van der Waals surface area contributed by atoms with Crippen LogP contribution in [-0.4, -0.2) is 50.0 Å². The van der Waals surface area contributed by atoms with Crippen LogP contribution in [0.25, 0.3) is 0 Å². The molecule has 0 unspecified atom stereocenters. The molecule has 42 heavy (non-hydrogen) atoms. The number of ketones is 1. The molecule has 6 atom stereocenters. The first kappa shape index (κ1) is 30.8. The molecule has 7 nitrogen and oxygen atoms in total. The maximum atomic E-state index is 14.6. The zero-order chi connectivity index (χ0) is 30.9. The Labute approximate surface area is 250 Å². The lowest BCUT2D eigenvalue weighted by Gasteiger charge is -2.33. The maximum absolute atomic E-state index is 14.6. The van der Waals surface area contributed by atoms with Gasteiger partial charge in [-0.15, -0.1) is 0 Å². The minimum Gasteiger partial charge on any atom is -0.481 e. The molecule has 1 aromatic heterocycles. The molecule has 1 aromatic carbocycles. The van der Waals surface area contributed by atoms with Crippen LogP contribution in [0.1, 0.15) is 85.3 Å². The standard InChI is InChI=1S/C29H31Cl2F4N3O4/c1-13-8-14(4-5-16(13)27(41)42)38-25(29(33,34)35)17(11-36-38)26(40)37(15-9-18-19(10-15)28(18,2)3)12-22(39)23-20(30)6-7-21(32)24(23)31/h6-7,11,13-16,18-19H,4-5,8-10,12H2,1-3H3,(H,41,42)/t13-,14+,15-,16+,18-,19+/m1/s1. The Bertz CT molecular complexity index is 1430. The Morgan fingerprint density at radius 1 is 1.12 bits per heavy atom. The summed E-state index contributed by atoms with van der Waals surface area (Å²) in [6.45, 7) is 5.22. The number of fused-ring (bicyclic) bond motifs is 1. The lowest BCUT2D eigenvalue weighted by Crippen LogP contribution is -2.44. The first-order valence-electron chi connectivity index (χ1n) is 13.9. The number of amides is 1. The number of rotatable bonds is 7. The molecule has 1 heterocycles. The second-order valence-corrected chi connectivity index (χ2v) is 13.3. The van der Waals surface area contributed by atoms with Gasteiger partial charge in [0.2, 0.25) is 0 Å². The number of carboxylic acids is 1. The van der Waals surface area contributed by atoms with Crippen LogP contribution in [-0.2, 0) is 11.0 Å². The average molecular weight is 632 g/mol. The first-order valence-corrected chi connectivity index (χ1v) is 14.6. The summed E-state index contributed by atoms with van der Waals surface area (Å²) in [5, 5.41) is 12.8. The number of carbonyl (C=O) groups excluding carboxylic acids is 2. The Morgan fingerprint density at radius 3 is 2.33 bits per heavy atom. The van der Waals surface area contributed by atoms with Crippen LogP contribution in [0.4, 0.5) is 17.6 Å². The number of carbonyl (C=O) groups is 3. The van der Waals surface area contributed by atoms with Crippen LogP contribution >= 0.6 is 23.2 Å². The summed E-state index contributed by atoms with van der Waals surface area (Å²) in [6.07, 6.45) is -2.59. The number of aliphatic carboxylic acids is 1. The van der Waals surface area contributed by atoms with E-state index in [0.717, 1.165) is 27.9 Å². The van der Waals surface area contributed by atoms with Gasteiger partial charge in [0, 0.05) is 6.04 Å². The molecule has 0 aliphatic heterocycles. The molecule has 0 radical (unpaired) electrons. The van der Waals surface area contributed by atoms with Gasteiger partial charge in [-0.2, -0.15) is 18.3 Å². The molecule has 13 heteroatoms. The number of carboxylic acid groups (broad SMARTS) is 1. The predicted octanol–water partition coefficient (Wildman–Crippen LogP) is 7.17. The van der Waals surface area contributed by atoms with Crippen molar-refractivity contribution in [2.75, 3.05) is 6.54 Å². The van der Waals surface area contributed by atoms with Crippen LogP contribution < -0.4 is 0 Å². The number of alkyl halides is 3. The molecule has 228 valence electrons. The minimum absolute atomic E-state index is 0.0396. The average Bonchev–Trinajstić information content (AvgIpc) is 3.33. The number of halogens is 6. The highest BCUT2D eigenvalue weighted by Crippen LogP contribution is 2.67. The van der Waals surface area contributed by atoms with Crippen molar-refractivity contribution in [2.24, 2.45) is 29.1 Å². The monoisotopic (exact) mass is 631 g/mol. The van der Waals surface area contributed by atoms with E-state index in [1.54, 1.807) is 6.92 Å². The van der Waals surface area contributed by atoms with Gasteiger partial charge in [0.1, 0.15) is 5.82 Å². The largest absolute Gasteiger partial charge is 0.481 e. The molecule has 3 aliphatic carbocycles. The van der Waals surface area contributed by atoms with Crippen LogP contribution in [0.5, 0.6) is 0 Å². The van der Waals surface area contributed by atoms with E-state index in [-0.39, 0.29) is 47.1 Å². The highest BCUT2D eigenvalue weighted by atomic mass is 35.5. The van der Waals surface area contributed by atoms with Gasteiger partial charge in [0.25, 0.3) is 5.91 Å². The molecule has 0 saturated heterocycles. The molecule has 2 aromatic rings. The van der Waals surface area contributed by atoms with E-state index in [4.69, 9.17) is 23.2 Å². The van der Waals surface area contributed by atoms with E-state index in [1.165, 1.54) is 0 Å². The van der Waals surface area contributed by atoms with Gasteiger partial charge < -0.3 is 10.0 Å². The highest BCUT2D eigenvalue weighted by molar-refractivity contribution is 6.40. The summed E-state index contributed by atoms with van der Waals surface area (Å²) in [6, 6.07) is 0.868. The fraction of sp³-hybridized carbons (Fsp3) is 0.586. The third kappa shape index (κ3) is 5.31. The van der Waals surface area contributed by atoms with Crippen molar-refractivity contribution in [3.05, 3.63) is 51.0 Å². The fourth-order valence-corrected chi connectivity index (χ4v) is 7.88. The van der Waals surface area contributed by atoms with Crippen molar-refractivity contribution in [3.63, 3.8) is 0 Å². The summed E-state index contributed by atoms with van der Waals surface area (Å²) in [5.41, 5.74) is -2.23. The minimum atomic E-state index is -4.96. The SMILES string of the molecule is C[C@@H]1C[C@@H](n2ncc(C(=O)N(CC(=O)c3c(Cl)ccc(F)c3Cl)[C@@H]3C[C@@H]4[C@H](C3)C4(C)C)c2C(F)(F)F)CC[C@@H]1C(=O)O.